The first-order chi connectivity index (χ1) is 9.97. The Morgan fingerprint density at radius 1 is 1.33 bits per heavy atom. The van der Waals surface area contributed by atoms with Crippen LogP contribution in [0.4, 0.5) is 8.78 Å². The molecule has 1 atom stereocenters. The molecule has 1 heterocycles. The van der Waals surface area contributed by atoms with Crippen molar-refractivity contribution in [3.63, 3.8) is 0 Å². The molecule has 1 aromatic heterocycles. The van der Waals surface area contributed by atoms with Gasteiger partial charge in [0.2, 0.25) is 0 Å². The fourth-order valence-electron chi connectivity index (χ4n) is 2.17. The fourth-order valence-corrected chi connectivity index (χ4v) is 2.17. The molecule has 1 unspecified atom stereocenters. The van der Waals surface area contributed by atoms with Gasteiger partial charge in [0.1, 0.15) is 5.75 Å². The van der Waals surface area contributed by atoms with Gasteiger partial charge in [-0.25, -0.2) is 0 Å². The van der Waals surface area contributed by atoms with E-state index in [4.69, 9.17) is 0 Å². The number of aromatic amines is 1. The van der Waals surface area contributed by atoms with E-state index in [0.29, 0.717) is 6.54 Å². The molecule has 0 radical (unpaired) electrons. The summed E-state index contributed by atoms with van der Waals surface area (Å²) in [5.74, 6) is 0.173. The summed E-state index contributed by atoms with van der Waals surface area (Å²) in [6.45, 7) is 3.75. The number of alkyl halides is 2. The van der Waals surface area contributed by atoms with Crippen LogP contribution in [0.2, 0.25) is 0 Å². The van der Waals surface area contributed by atoms with Crippen molar-refractivity contribution in [1.82, 2.24) is 15.5 Å². The maximum Gasteiger partial charge on any atom is 0.387 e. The summed E-state index contributed by atoms with van der Waals surface area (Å²) < 4.78 is 28.9. The van der Waals surface area contributed by atoms with Gasteiger partial charge in [-0.2, -0.15) is 13.9 Å². The molecule has 0 bridgehead atoms. The molecule has 2 rings (SSSR count). The molecule has 114 valence electrons. The zero-order valence-electron chi connectivity index (χ0n) is 12.3. The van der Waals surface area contributed by atoms with Crippen LogP contribution < -0.4 is 10.1 Å². The summed E-state index contributed by atoms with van der Waals surface area (Å²) in [7, 11) is 0. The fraction of sp³-hybridized carbons (Fsp3) is 0.400. The first-order valence-corrected chi connectivity index (χ1v) is 6.76. The van der Waals surface area contributed by atoms with Crippen LogP contribution >= 0.6 is 0 Å². The SMILES string of the molecule is Cc1n[nH]c(C)c1CNC(C)c1cccc(OC(F)F)c1. The van der Waals surface area contributed by atoms with Crippen molar-refractivity contribution in [2.75, 3.05) is 0 Å². The Bertz CT molecular complexity index is 579. The number of nitrogens with one attached hydrogen (secondary N) is 2. The highest BCUT2D eigenvalue weighted by molar-refractivity contribution is 5.30. The van der Waals surface area contributed by atoms with Crippen LogP contribution in [0.5, 0.6) is 5.75 Å². The second-order valence-electron chi connectivity index (χ2n) is 4.97. The molecule has 21 heavy (non-hydrogen) atoms. The molecule has 0 amide bonds. The second kappa shape index (κ2) is 6.67. The zero-order valence-corrected chi connectivity index (χ0v) is 12.3. The minimum absolute atomic E-state index is 0.0138. The Balaban J connectivity index is 2.01. The van der Waals surface area contributed by atoms with Gasteiger partial charge in [-0.1, -0.05) is 12.1 Å². The predicted octanol–water partition coefficient (Wildman–Crippen LogP) is 3.48. The molecule has 6 heteroatoms. The number of hydrogen-bond donors (Lipinski definition) is 2. The summed E-state index contributed by atoms with van der Waals surface area (Å²) in [6, 6.07) is 6.75. The van der Waals surface area contributed by atoms with Gasteiger partial charge < -0.3 is 10.1 Å². The lowest BCUT2D eigenvalue weighted by molar-refractivity contribution is -0.0499. The van der Waals surface area contributed by atoms with Gasteiger partial charge in [0.15, 0.2) is 0 Å². The molecule has 0 fully saturated rings. The van der Waals surface area contributed by atoms with Gasteiger partial charge in [-0.3, -0.25) is 5.10 Å². The number of H-pyrrole nitrogens is 1. The zero-order chi connectivity index (χ0) is 15.4. The molecule has 0 aliphatic carbocycles. The van der Waals surface area contributed by atoms with Crippen LogP contribution in [0, 0.1) is 13.8 Å². The van der Waals surface area contributed by atoms with Gasteiger partial charge in [0, 0.05) is 23.8 Å². The van der Waals surface area contributed by atoms with Gasteiger partial charge in [-0.15, -0.1) is 0 Å². The largest absolute Gasteiger partial charge is 0.435 e. The van der Waals surface area contributed by atoms with E-state index in [9.17, 15) is 8.78 Å². The average Bonchev–Trinajstić information content (AvgIpc) is 2.75. The second-order valence-corrected chi connectivity index (χ2v) is 4.97. The third-order valence-corrected chi connectivity index (χ3v) is 3.45. The van der Waals surface area contributed by atoms with E-state index in [1.807, 2.05) is 26.8 Å². The molecule has 4 nitrogen and oxygen atoms in total. The number of aromatic nitrogens is 2. The average molecular weight is 295 g/mol. The molecule has 0 aliphatic rings. The van der Waals surface area contributed by atoms with Crippen LogP contribution in [-0.2, 0) is 6.54 Å². The van der Waals surface area contributed by atoms with E-state index in [0.717, 1.165) is 22.5 Å². The van der Waals surface area contributed by atoms with E-state index in [1.165, 1.54) is 6.07 Å². The summed E-state index contributed by atoms with van der Waals surface area (Å²) in [5, 5.41) is 10.4. The molecule has 2 N–H and O–H groups in total. The lowest BCUT2D eigenvalue weighted by atomic mass is 10.1. The smallest absolute Gasteiger partial charge is 0.387 e. The lowest BCUT2D eigenvalue weighted by Gasteiger charge is -2.15. The molecule has 2 aromatic rings. The molecule has 0 spiro atoms. The first kappa shape index (κ1) is 15.4. The Morgan fingerprint density at radius 3 is 2.71 bits per heavy atom. The molecule has 0 saturated carbocycles. The van der Waals surface area contributed by atoms with Crippen molar-refractivity contribution in [3.8, 4) is 5.75 Å². The van der Waals surface area contributed by atoms with E-state index in [-0.39, 0.29) is 11.8 Å². The Kier molecular flexibility index (Phi) is 4.90. The van der Waals surface area contributed by atoms with Gasteiger partial charge in [0.25, 0.3) is 0 Å². The van der Waals surface area contributed by atoms with Gasteiger partial charge in [-0.05, 0) is 38.5 Å². The minimum atomic E-state index is -2.81. The predicted molar refractivity (Wildman–Crippen MR) is 76.4 cm³/mol. The number of hydrogen-bond acceptors (Lipinski definition) is 3. The maximum absolute atomic E-state index is 12.2. The van der Waals surface area contributed by atoms with Gasteiger partial charge in [0.05, 0.1) is 5.69 Å². The molecule has 1 aromatic carbocycles. The summed E-state index contributed by atoms with van der Waals surface area (Å²) >= 11 is 0. The molecular formula is C15H19F2N3O. The van der Waals surface area contributed by atoms with Crippen molar-refractivity contribution in [3.05, 3.63) is 46.8 Å². The monoisotopic (exact) mass is 295 g/mol. The quantitative estimate of drug-likeness (QED) is 0.858. The third-order valence-electron chi connectivity index (χ3n) is 3.45. The van der Waals surface area contributed by atoms with Crippen molar-refractivity contribution in [2.45, 2.75) is 40.0 Å². The summed E-state index contributed by atoms with van der Waals surface area (Å²) in [5.41, 5.74) is 4.01. The first-order valence-electron chi connectivity index (χ1n) is 6.76. The summed E-state index contributed by atoms with van der Waals surface area (Å²) in [6.07, 6.45) is 0. The number of aryl methyl sites for hydroxylation is 2. The number of ether oxygens (including phenoxy) is 1. The van der Waals surface area contributed by atoms with E-state index in [1.54, 1.807) is 12.1 Å². The lowest BCUT2D eigenvalue weighted by Crippen LogP contribution is -2.19. The van der Waals surface area contributed by atoms with E-state index >= 15 is 0 Å². The minimum Gasteiger partial charge on any atom is -0.435 e. The molecule has 0 saturated heterocycles. The third kappa shape index (κ3) is 4.01. The number of rotatable bonds is 6. The standard InChI is InChI=1S/C15H19F2N3O/c1-9(18-8-14-10(2)19-20-11(14)3)12-5-4-6-13(7-12)21-15(16)17/h4-7,9,15,18H,8H2,1-3H3,(H,19,20). The van der Waals surface area contributed by atoms with Crippen LogP contribution in [0.25, 0.3) is 0 Å². The van der Waals surface area contributed by atoms with Gasteiger partial charge >= 0.3 is 6.61 Å². The highest BCUT2D eigenvalue weighted by atomic mass is 19.3. The van der Waals surface area contributed by atoms with Crippen LogP contribution in [-0.4, -0.2) is 16.8 Å². The number of nitrogens with zero attached hydrogens (tertiary/aromatic N) is 1. The Labute approximate surface area is 122 Å². The highest BCUT2D eigenvalue weighted by Gasteiger charge is 2.11. The van der Waals surface area contributed by atoms with Crippen molar-refractivity contribution in [2.24, 2.45) is 0 Å². The van der Waals surface area contributed by atoms with Crippen molar-refractivity contribution in [1.29, 1.82) is 0 Å². The Hall–Kier alpha value is -1.95. The molecule has 0 aliphatic heterocycles. The maximum atomic E-state index is 12.2. The topological polar surface area (TPSA) is 49.9 Å². The molecular weight excluding hydrogens is 276 g/mol. The van der Waals surface area contributed by atoms with Crippen LogP contribution in [0.1, 0.15) is 35.5 Å². The van der Waals surface area contributed by atoms with Crippen molar-refractivity contribution < 1.29 is 13.5 Å². The van der Waals surface area contributed by atoms with E-state index < -0.39 is 6.61 Å². The van der Waals surface area contributed by atoms with Crippen LogP contribution in [0.15, 0.2) is 24.3 Å². The number of halogens is 2. The highest BCUT2D eigenvalue weighted by Crippen LogP contribution is 2.21. The van der Waals surface area contributed by atoms with Crippen LogP contribution in [0.3, 0.4) is 0 Å². The number of benzene rings is 1. The van der Waals surface area contributed by atoms with Crippen molar-refractivity contribution >= 4 is 0 Å². The Morgan fingerprint density at radius 2 is 2.10 bits per heavy atom. The normalized spacial score (nSPS) is 12.7. The summed E-state index contributed by atoms with van der Waals surface area (Å²) in [4.78, 5) is 0. The van der Waals surface area contributed by atoms with E-state index in [2.05, 4.69) is 20.3 Å².